The summed E-state index contributed by atoms with van der Waals surface area (Å²) >= 11 is 0. The number of nitrogens with zero attached hydrogens (tertiary/aromatic N) is 7. The molecule has 0 N–H and O–H groups in total. The Morgan fingerprint density at radius 3 is 1.51 bits per heavy atom. The van der Waals surface area contributed by atoms with Crippen molar-refractivity contribution in [1.29, 1.82) is 0 Å². The van der Waals surface area contributed by atoms with Crippen LogP contribution in [0.5, 0.6) is 0 Å². The minimum Gasteiger partial charge on any atom is -0.330 e. The minimum absolute atomic E-state index is 0.124. The van der Waals surface area contributed by atoms with Crippen molar-refractivity contribution >= 4 is 51.9 Å². The summed E-state index contributed by atoms with van der Waals surface area (Å²) < 4.78 is 0. The Morgan fingerprint density at radius 1 is 0.651 bits per heavy atom. The number of hydrogen-bond donors (Lipinski definition) is 0. The van der Waals surface area contributed by atoms with Gasteiger partial charge in [0.2, 0.25) is 0 Å². The molecule has 1 saturated heterocycles. The van der Waals surface area contributed by atoms with E-state index in [0.29, 0.717) is 0 Å². The van der Waals surface area contributed by atoms with Gasteiger partial charge < -0.3 is 4.84 Å². The number of imide groups is 1. The molecule has 0 atom stereocenters. The zero-order valence-electron chi connectivity index (χ0n) is 20.9. The molecule has 0 aliphatic carbocycles. The van der Waals surface area contributed by atoms with Gasteiger partial charge in [0, 0.05) is 19.3 Å². The van der Waals surface area contributed by atoms with Gasteiger partial charge in [0.15, 0.2) is 0 Å². The van der Waals surface area contributed by atoms with Crippen LogP contribution in [0.15, 0.2) is 18.2 Å². The molecule has 23 nitrogen and oxygen atoms in total. The van der Waals surface area contributed by atoms with Gasteiger partial charge in [-0.05, 0) is 6.42 Å². The molecule has 3 rings (SSSR count). The Morgan fingerprint density at radius 2 is 1.09 bits per heavy atom. The molecule has 23 heteroatoms. The normalized spacial score (nSPS) is 12.6. The topological polar surface area (TPSA) is 323 Å². The second-order valence-electron chi connectivity index (χ2n) is 8.45. The van der Waals surface area contributed by atoms with E-state index >= 15 is 0 Å². The van der Waals surface area contributed by atoms with Crippen LogP contribution in [0.3, 0.4) is 0 Å². The zero-order chi connectivity index (χ0) is 32.3. The molecule has 1 heterocycles. The number of hydroxylamine groups is 2. The van der Waals surface area contributed by atoms with E-state index in [2.05, 4.69) is 4.84 Å². The lowest BCUT2D eigenvalue weighted by molar-refractivity contribution is -0.405. The molecule has 224 valence electrons. The van der Waals surface area contributed by atoms with Gasteiger partial charge in [0.1, 0.15) is 16.7 Å². The standard InChI is InChI=1S/C20H13N7O16/c28-17-2-3-18(29)21(17)43-19(30)4-1-10-15(25(37)38)8-16(26(39)40)12(20(10)27(41)42)7-11-13(23(33)34)5-9(22(31)32)6-14(11)24(35)36/h5-6,8H,1-4,7H2. The molecule has 0 bridgehead atoms. The third-order valence-corrected chi connectivity index (χ3v) is 5.96. The molecule has 2 aromatic rings. The van der Waals surface area contributed by atoms with Crippen LogP contribution in [0.2, 0.25) is 0 Å². The lowest BCUT2D eigenvalue weighted by atomic mass is 9.93. The molecule has 0 radical (unpaired) electrons. The number of hydrogen-bond acceptors (Lipinski definition) is 16. The highest BCUT2D eigenvalue weighted by atomic mass is 16.7. The van der Waals surface area contributed by atoms with Crippen molar-refractivity contribution in [3.05, 3.63) is 95.6 Å². The van der Waals surface area contributed by atoms with Gasteiger partial charge >= 0.3 is 5.97 Å². The fraction of sp³-hybridized carbons (Fsp3) is 0.250. The van der Waals surface area contributed by atoms with Crippen LogP contribution < -0.4 is 0 Å². The number of amides is 2. The molecule has 0 unspecified atom stereocenters. The molecule has 1 fully saturated rings. The average Bonchev–Trinajstić information content (AvgIpc) is 3.22. The van der Waals surface area contributed by atoms with Crippen molar-refractivity contribution in [2.75, 3.05) is 0 Å². The SMILES string of the molecule is O=C(CCc1c([N+](=O)[O-])cc([N+](=O)[O-])c(Cc2c([N+](=O)[O-])cc([N+](=O)[O-])cc2[N+](=O)[O-])c1[N+](=O)[O-])ON1C(=O)CCC1=O. The summed E-state index contributed by atoms with van der Waals surface area (Å²) in [5.41, 5.74) is -10.9. The van der Waals surface area contributed by atoms with E-state index in [1.807, 2.05) is 0 Å². The first-order valence-corrected chi connectivity index (χ1v) is 11.3. The lowest BCUT2D eigenvalue weighted by Gasteiger charge is -2.13. The Kier molecular flexibility index (Phi) is 8.58. The Hall–Kier alpha value is -6.55. The van der Waals surface area contributed by atoms with Crippen LogP contribution in [0.1, 0.15) is 36.0 Å². The summed E-state index contributed by atoms with van der Waals surface area (Å²) in [5, 5.41) is 70.4. The Labute approximate surface area is 234 Å². The van der Waals surface area contributed by atoms with Crippen molar-refractivity contribution in [3.63, 3.8) is 0 Å². The summed E-state index contributed by atoms with van der Waals surface area (Å²) in [5.74, 6) is -3.15. The van der Waals surface area contributed by atoms with Crippen LogP contribution in [-0.2, 0) is 32.1 Å². The molecule has 0 saturated carbocycles. The van der Waals surface area contributed by atoms with Gasteiger partial charge in [-0.1, -0.05) is 0 Å². The average molecular weight is 607 g/mol. The smallest absolute Gasteiger partial charge is 0.330 e. The maximum absolute atomic E-state index is 12.3. The van der Waals surface area contributed by atoms with Gasteiger partial charge in [0.05, 0.1) is 54.2 Å². The number of nitro benzene ring substituents is 6. The van der Waals surface area contributed by atoms with Crippen molar-refractivity contribution in [1.82, 2.24) is 5.06 Å². The van der Waals surface area contributed by atoms with Crippen LogP contribution >= 0.6 is 0 Å². The van der Waals surface area contributed by atoms with Crippen LogP contribution in [0.25, 0.3) is 0 Å². The molecule has 0 spiro atoms. The fourth-order valence-corrected chi connectivity index (χ4v) is 4.14. The summed E-state index contributed by atoms with van der Waals surface area (Å²) in [7, 11) is 0. The minimum atomic E-state index is -1.41. The van der Waals surface area contributed by atoms with E-state index in [0.717, 1.165) is 0 Å². The maximum Gasteiger partial charge on any atom is 0.333 e. The monoisotopic (exact) mass is 607 g/mol. The lowest BCUT2D eigenvalue weighted by Crippen LogP contribution is -2.32. The second kappa shape index (κ2) is 11.9. The van der Waals surface area contributed by atoms with E-state index in [1.165, 1.54) is 0 Å². The fourth-order valence-electron chi connectivity index (χ4n) is 4.14. The summed E-state index contributed by atoms with van der Waals surface area (Å²) in [6.45, 7) is 0. The largest absolute Gasteiger partial charge is 0.333 e. The predicted octanol–water partition coefficient (Wildman–Crippen LogP) is 2.27. The summed E-state index contributed by atoms with van der Waals surface area (Å²) in [6.07, 6.45) is -3.85. The van der Waals surface area contributed by atoms with Crippen molar-refractivity contribution in [3.8, 4) is 0 Å². The van der Waals surface area contributed by atoms with Crippen LogP contribution in [0, 0.1) is 60.7 Å². The Balaban J connectivity index is 2.24. The van der Waals surface area contributed by atoms with E-state index in [4.69, 9.17) is 0 Å². The highest BCUT2D eigenvalue weighted by molar-refractivity contribution is 6.01. The third kappa shape index (κ3) is 6.28. The van der Waals surface area contributed by atoms with Gasteiger partial charge in [-0.25, -0.2) is 4.79 Å². The number of benzene rings is 2. The van der Waals surface area contributed by atoms with Crippen molar-refractivity contribution in [2.24, 2.45) is 0 Å². The summed E-state index contributed by atoms with van der Waals surface area (Å²) in [6, 6.07) is 0.798. The van der Waals surface area contributed by atoms with Crippen molar-refractivity contribution in [2.45, 2.75) is 32.1 Å². The first-order chi connectivity index (χ1) is 20.0. The molecular formula is C20H13N7O16. The quantitative estimate of drug-likeness (QED) is 0.189. The Bertz CT molecular complexity index is 1620. The molecule has 1 aliphatic rings. The van der Waals surface area contributed by atoms with Crippen LogP contribution in [0.4, 0.5) is 34.1 Å². The van der Waals surface area contributed by atoms with E-state index < -0.39 is 117 Å². The molecule has 1 aliphatic heterocycles. The maximum atomic E-state index is 12.3. The molecule has 2 amide bonds. The number of nitro groups is 6. The van der Waals surface area contributed by atoms with Gasteiger partial charge in [-0.15, -0.1) is 5.06 Å². The highest BCUT2D eigenvalue weighted by Gasteiger charge is 2.40. The van der Waals surface area contributed by atoms with E-state index in [1.54, 1.807) is 0 Å². The van der Waals surface area contributed by atoms with E-state index in [9.17, 15) is 75.1 Å². The van der Waals surface area contributed by atoms with E-state index in [-0.39, 0.29) is 36.1 Å². The van der Waals surface area contributed by atoms with Crippen molar-refractivity contribution < 1.29 is 48.8 Å². The molecular weight excluding hydrogens is 594 g/mol. The molecule has 2 aromatic carbocycles. The van der Waals surface area contributed by atoms with Crippen LogP contribution in [-0.4, -0.2) is 52.4 Å². The second-order valence-corrected chi connectivity index (χ2v) is 8.45. The van der Waals surface area contributed by atoms with Gasteiger partial charge in [0.25, 0.3) is 45.9 Å². The predicted molar refractivity (Wildman–Crippen MR) is 131 cm³/mol. The number of carbonyl (C=O) groups is 3. The third-order valence-electron chi connectivity index (χ3n) is 5.96. The van der Waals surface area contributed by atoms with Gasteiger partial charge in [-0.2, -0.15) is 0 Å². The molecule has 0 aromatic heterocycles. The highest BCUT2D eigenvalue weighted by Crippen LogP contribution is 2.43. The first kappa shape index (κ1) is 31.0. The first-order valence-electron chi connectivity index (χ1n) is 11.3. The molecule has 43 heavy (non-hydrogen) atoms. The van der Waals surface area contributed by atoms with Gasteiger partial charge in [-0.3, -0.25) is 70.3 Å². The zero-order valence-corrected chi connectivity index (χ0v) is 20.9. The number of non-ortho nitro benzene ring substituents is 1. The summed E-state index contributed by atoms with van der Waals surface area (Å²) in [4.78, 5) is 103. The number of carbonyl (C=O) groups excluding carboxylic acids is 3. The number of rotatable bonds is 12.